The van der Waals surface area contributed by atoms with Gasteiger partial charge in [-0.3, -0.25) is 0 Å². The predicted molar refractivity (Wildman–Crippen MR) is 107 cm³/mol. The van der Waals surface area contributed by atoms with Crippen LogP contribution in [0.25, 0.3) is 0 Å². The van der Waals surface area contributed by atoms with E-state index < -0.39 is 25.0 Å². The zero-order valence-electron chi connectivity index (χ0n) is 17.3. The van der Waals surface area contributed by atoms with Crippen LogP contribution in [-0.2, 0) is 18.9 Å². The van der Waals surface area contributed by atoms with Gasteiger partial charge in [0.2, 0.25) is 0 Å². The molecule has 3 fully saturated rings. The summed E-state index contributed by atoms with van der Waals surface area (Å²) in [7, 11) is 0. The van der Waals surface area contributed by atoms with Gasteiger partial charge in [0.25, 0.3) is 0 Å². The zero-order chi connectivity index (χ0) is 19.8. The van der Waals surface area contributed by atoms with Gasteiger partial charge in [-0.25, -0.2) is 0 Å². The molecule has 2 saturated heterocycles. The van der Waals surface area contributed by atoms with Crippen LogP contribution in [0.4, 0.5) is 0 Å². The summed E-state index contributed by atoms with van der Waals surface area (Å²) in [6.45, 7) is 14.8. The Morgan fingerprint density at radius 1 is 0.926 bits per heavy atom. The zero-order valence-corrected chi connectivity index (χ0v) is 23.8. The van der Waals surface area contributed by atoms with Crippen molar-refractivity contribution in [3.05, 3.63) is 0 Å². The molecule has 0 atom stereocenters. The van der Waals surface area contributed by atoms with Crippen LogP contribution in [0.5, 0.6) is 0 Å². The number of rotatable bonds is 5. The number of ether oxygens (including phenoxy) is 4. The Hall–Kier alpha value is 2.03. The second-order valence-corrected chi connectivity index (χ2v) is 20.4. The van der Waals surface area contributed by atoms with Crippen LogP contribution in [0, 0.1) is 16.7 Å². The van der Waals surface area contributed by atoms with Gasteiger partial charge in [-0.2, -0.15) is 0 Å². The van der Waals surface area contributed by atoms with Crippen LogP contribution in [0.2, 0.25) is 0 Å². The van der Waals surface area contributed by atoms with Crippen LogP contribution in [-0.4, -0.2) is 40.4 Å². The molecule has 162 valence electrons. The van der Waals surface area contributed by atoms with Crippen molar-refractivity contribution in [3.8, 4) is 0 Å². The average Bonchev–Trinajstić information content (AvgIpc) is 2.62. The average molecular weight is 720 g/mol. The van der Waals surface area contributed by atoms with Gasteiger partial charge in [0.05, 0.1) is 0 Å². The molecule has 0 aromatic carbocycles. The molecule has 0 radical (unpaired) electrons. The van der Waals surface area contributed by atoms with E-state index in [0.717, 1.165) is 26.4 Å². The Bertz CT molecular complexity index is 487. The van der Waals surface area contributed by atoms with Gasteiger partial charge < -0.3 is 0 Å². The fourth-order valence-electron chi connectivity index (χ4n) is 4.13. The Labute approximate surface area is 199 Å². The van der Waals surface area contributed by atoms with Crippen molar-refractivity contribution in [1.82, 2.24) is 0 Å². The summed E-state index contributed by atoms with van der Waals surface area (Å²) >= 11 is 2.23. The molecule has 0 aromatic rings. The molecule has 0 amide bonds. The molecule has 0 unspecified atom stereocenters. The third-order valence-corrected chi connectivity index (χ3v) is 15.4. The molecular formula is C20H35I3O4-2. The van der Waals surface area contributed by atoms with E-state index in [1.165, 1.54) is 28.1 Å². The molecule has 1 aliphatic carbocycles. The van der Waals surface area contributed by atoms with Crippen LogP contribution in [0.1, 0.15) is 60.3 Å². The molecule has 0 bridgehead atoms. The predicted octanol–water partition coefficient (Wildman–Crippen LogP) is -1.41. The molecule has 0 aromatic heterocycles. The van der Waals surface area contributed by atoms with Crippen LogP contribution >= 0.6 is 22.6 Å². The first kappa shape index (κ1) is 23.7. The van der Waals surface area contributed by atoms with E-state index in [9.17, 15) is 0 Å². The first-order chi connectivity index (χ1) is 12.6. The summed E-state index contributed by atoms with van der Waals surface area (Å²) in [5, 5.41) is 0. The second kappa shape index (κ2) is 9.26. The fourth-order valence-corrected chi connectivity index (χ4v) is 13.3. The Kier molecular flexibility index (Phi) is 8.12. The van der Waals surface area contributed by atoms with Crippen LogP contribution < -0.4 is 42.4 Å². The fraction of sp³-hybridized carbons (Fsp3) is 1.00. The first-order valence-corrected chi connectivity index (χ1v) is 16.4. The summed E-state index contributed by atoms with van der Waals surface area (Å²) in [5.74, 6) is 0.478. The van der Waals surface area contributed by atoms with Gasteiger partial charge in [-0.1, -0.05) is 0 Å². The molecular weight excluding hydrogens is 685 g/mol. The quantitative estimate of drug-likeness (QED) is 0.259. The summed E-state index contributed by atoms with van der Waals surface area (Å²) in [5.41, 5.74) is 0.659. The van der Waals surface area contributed by atoms with Gasteiger partial charge in [0.1, 0.15) is 0 Å². The summed E-state index contributed by atoms with van der Waals surface area (Å²) in [4.78, 5) is 0. The number of hydrogen-bond acceptors (Lipinski definition) is 4. The molecule has 4 nitrogen and oxygen atoms in total. The molecule has 3 rings (SSSR count). The standard InChI is InChI=1S/C20H35I3O4/c1-15-10-26-19(5,27-11-15)23-16-24-12-18(4,13-25-16)20(22-14-21)8-6-17(2,3)7-9-20/h15-16H,6-14H2,1-5H3/q-2. The van der Waals surface area contributed by atoms with E-state index in [1.54, 1.807) is 0 Å². The summed E-state index contributed by atoms with van der Waals surface area (Å²) in [6.07, 6.45) is 5.38. The molecule has 7 heteroatoms. The number of hydrogen-bond donors (Lipinski definition) is 0. The van der Waals surface area contributed by atoms with Crippen molar-refractivity contribution < 1.29 is 61.4 Å². The number of alkyl halides is 5. The van der Waals surface area contributed by atoms with Crippen molar-refractivity contribution in [3.63, 3.8) is 0 Å². The number of halogens is 3. The maximum atomic E-state index is 6.35. The van der Waals surface area contributed by atoms with Gasteiger partial charge in [-0.05, 0) is 0 Å². The maximum absolute atomic E-state index is 6.35. The molecule has 0 spiro atoms. The Balaban J connectivity index is 1.60. The van der Waals surface area contributed by atoms with Gasteiger partial charge >= 0.3 is 201 Å². The van der Waals surface area contributed by atoms with Gasteiger partial charge in [-0.15, -0.1) is 0 Å². The van der Waals surface area contributed by atoms with Crippen molar-refractivity contribution in [2.24, 2.45) is 16.7 Å². The normalized spacial score (nSPS) is 42.3. The Morgan fingerprint density at radius 2 is 1.48 bits per heavy atom. The molecule has 1 saturated carbocycles. The van der Waals surface area contributed by atoms with Crippen molar-refractivity contribution in [2.75, 3.05) is 28.9 Å². The SMILES string of the molecule is CC1COC(C)([I-]C2OCC(C)(C3([I-]CI)CCC(C)(C)CC3)CO2)OC1. The van der Waals surface area contributed by atoms with Gasteiger partial charge in [0.15, 0.2) is 0 Å². The van der Waals surface area contributed by atoms with Crippen molar-refractivity contribution in [1.29, 1.82) is 0 Å². The van der Waals surface area contributed by atoms with Gasteiger partial charge in [0, 0.05) is 0 Å². The van der Waals surface area contributed by atoms with Crippen molar-refractivity contribution in [2.45, 2.75) is 71.8 Å². The monoisotopic (exact) mass is 720 g/mol. The minimum absolute atomic E-state index is 0.106. The van der Waals surface area contributed by atoms with E-state index in [4.69, 9.17) is 18.9 Å². The van der Waals surface area contributed by atoms with Crippen molar-refractivity contribution >= 4 is 22.6 Å². The summed E-state index contributed by atoms with van der Waals surface area (Å²) < 4.78 is 25.9. The van der Waals surface area contributed by atoms with Crippen LogP contribution in [0.15, 0.2) is 0 Å². The van der Waals surface area contributed by atoms with E-state index >= 15 is 0 Å². The minimum atomic E-state index is -0.504. The van der Waals surface area contributed by atoms with E-state index in [-0.39, 0.29) is 30.9 Å². The topological polar surface area (TPSA) is 36.9 Å². The molecule has 2 heterocycles. The Morgan fingerprint density at radius 3 is 2.00 bits per heavy atom. The third-order valence-electron chi connectivity index (χ3n) is 6.39. The molecule has 2 aliphatic heterocycles. The van der Waals surface area contributed by atoms with E-state index in [2.05, 4.69) is 57.2 Å². The van der Waals surface area contributed by atoms with E-state index in [1.807, 2.05) is 0 Å². The molecule has 27 heavy (non-hydrogen) atoms. The summed E-state index contributed by atoms with van der Waals surface area (Å²) in [6, 6.07) is 0. The molecule has 0 N–H and O–H groups in total. The van der Waals surface area contributed by atoms with Crippen LogP contribution in [0.3, 0.4) is 0 Å². The third kappa shape index (κ3) is 5.64. The first-order valence-electron chi connectivity index (χ1n) is 9.93. The van der Waals surface area contributed by atoms with E-state index in [0.29, 0.717) is 14.8 Å². The molecule has 3 aliphatic rings. The second-order valence-electron chi connectivity index (χ2n) is 9.49.